The molecular weight excluding hydrogens is 787 g/mol. The van der Waals surface area contributed by atoms with Crippen LogP contribution in [0.3, 0.4) is 0 Å². The van der Waals surface area contributed by atoms with Crippen molar-refractivity contribution in [1.82, 2.24) is 10.3 Å². The van der Waals surface area contributed by atoms with E-state index in [4.69, 9.17) is 37.4 Å². The van der Waals surface area contributed by atoms with Crippen molar-refractivity contribution in [3.63, 3.8) is 0 Å². The van der Waals surface area contributed by atoms with E-state index in [1.807, 2.05) is 26.0 Å². The standard InChI is InChI=1S/C44H54Cl2N2O10/c1-6-24-20-44-38(51)33(41(55)58-44)37(50)43(7-2)25(12-10-8-9-11-17-42(44,5)21-27(24)40(53)54)14-15-26-28(43)16-13-22(3)36(26)57-32-19-30(49)34(23(4)56-32)48-39(52)35-29(45)18-31(46)47-35/h8,10-11,14-15,17-18,21-26,28,30,32,34,36,47,49,51H,6-7,9,12-13,16,19-20H2,1-5H3,(H,48,52)(H,53,54)/b10-8+,17-11+. The lowest BCUT2D eigenvalue weighted by Gasteiger charge is -2.54. The molecule has 14 heteroatoms. The Balaban J connectivity index is 1.21. The number of ether oxygens (including phenoxy) is 3. The van der Waals surface area contributed by atoms with Crippen LogP contribution < -0.4 is 5.32 Å². The molecule has 7 rings (SSSR count). The van der Waals surface area contributed by atoms with Gasteiger partial charge in [-0.3, -0.25) is 9.59 Å². The highest BCUT2D eigenvalue weighted by molar-refractivity contribution is 6.36. The van der Waals surface area contributed by atoms with E-state index < -0.39 is 82.4 Å². The van der Waals surface area contributed by atoms with Gasteiger partial charge in [0.15, 0.2) is 23.4 Å². The predicted molar refractivity (Wildman–Crippen MR) is 216 cm³/mol. The van der Waals surface area contributed by atoms with Crippen LogP contribution in [0.1, 0.15) is 96.5 Å². The van der Waals surface area contributed by atoms with Gasteiger partial charge in [-0.2, -0.15) is 0 Å². The Morgan fingerprint density at radius 1 is 1.10 bits per heavy atom. The lowest BCUT2D eigenvalue weighted by Crippen LogP contribution is -2.58. The number of aliphatic hydroxyl groups excluding tert-OH is 2. The van der Waals surface area contributed by atoms with Gasteiger partial charge in [-0.1, -0.05) is 86.5 Å². The number of allylic oxidation sites excluding steroid dienone is 4. The average Bonchev–Trinajstić information content (AvgIpc) is 3.65. The van der Waals surface area contributed by atoms with E-state index in [1.165, 1.54) is 6.07 Å². The van der Waals surface area contributed by atoms with Crippen molar-refractivity contribution >= 4 is 46.8 Å². The minimum absolute atomic E-state index is 0.0128. The molecule has 6 aliphatic rings. The topological polar surface area (TPSA) is 184 Å². The highest BCUT2D eigenvalue weighted by Gasteiger charge is 2.66. The predicted octanol–water partition coefficient (Wildman–Crippen LogP) is 7.58. The highest BCUT2D eigenvalue weighted by Crippen LogP contribution is 2.60. The molecule has 5 N–H and O–H groups in total. The maximum Gasteiger partial charge on any atom is 0.346 e. The van der Waals surface area contributed by atoms with Crippen LogP contribution in [0.15, 0.2) is 65.5 Å². The van der Waals surface area contributed by atoms with Crippen molar-refractivity contribution in [2.45, 2.75) is 122 Å². The fourth-order valence-electron chi connectivity index (χ4n) is 11.0. The van der Waals surface area contributed by atoms with Crippen LogP contribution in [0.25, 0.3) is 0 Å². The third-order valence-corrected chi connectivity index (χ3v) is 14.7. The van der Waals surface area contributed by atoms with Crippen LogP contribution in [0, 0.1) is 40.4 Å². The molecule has 314 valence electrons. The molecule has 3 heterocycles. The van der Waals surface area contributed by atoms with Gasteiger partial charge in [-0.15, -0.1) is 0 Å². The molecule has 4 aliphatic carbocycles. The van der Waals surface area contributed by atoms with Gasteiger partial charge in [-0.25, -0.2) is 9.59 Å². The fraction of sp³-hybridized carbons (Fsp3) is 0.591. The zero-order valence-corrected chi connectivity index (χ0v) is 35.0. The number of Topliss-reactive ketones (excluding diaryl/α,β-unsaturated/α-hetero) is 1. The van der Waals surface area contributed by atoms with Crippen LogP contribution >= 0.6 is 23.2 Å². The van der Waals surface area contributed by atoms with E-state index in [9.17, 15) is 29.7 Å². The van der Waals surface area contributed by atoms with E-state index in [2.05, 4.69) is 35.5 Å². The lowest BCUT2D eigenvalue weighted by molar-refractivity contribution is -0.257. The molecule has 1 aromatic heterocycles. The monoisotopic (exact) mass is 840 g/mol. The molecule has 1 saturated heterocycles. The quantitative estimate of drug-likeness (QED) is 0.104. The van der Waals surface area contributed by atoms with Crippen molar-refractivity contribution in [2.75, 3.05) is 0 Å². The summed E-state index contributed by atoms with van der Waals surface area (Å²) in [5.41, 5.74) is -4.14. The summed E-state index contributed by atoms with van der Waals surface area (Å²) in [5, 5.41) is 37.0. The number of aromatic amines is 1. The van der Waals surface area contributed by atoms with E-state index in [-0.39, 0.29) is 63.5 Å². The molecule has 0 aromatic carbocycles. The number of hydrogen-bond donors (Lipinski definition) is 5. The minimum Gasteiger partial charge on any atom is -0.507 e. The average molecular weight is 842 g/mol. The van der Waals surface area contributed by atoms with Crippen molar-refractivity contribution in [1.29, 1.82) is 0 Å². The number of carbonyl (C=O) groups is 4. The number of H-pyrrole nitrogens is 1. The number of carboxylic acid groups (broad SMARTS) is 1. The molecule has 58 heavy (non-hydrogen) atoms. The summed E-state index contributed by atoms with van der Waals surface area (Å²) in [4.78, 5) is 57.9. The first-order valence-electron chi connectivity index (χ1n) is 20.5. The summed E-state index contributed by atoms with van der Waals surface area (Å²) in [5.74, 6) is -4.78. The summed E-state index contributed by atoms with van der Waals surface area (Å²) >= 11 is 12.1. The first kappa shape index (κ1) is 42.4. The number of aromatic nitrogens is 1. The van der Waals surface area contributed by atoms with Crippen LogP contribution in [-0.4, -0.2) is 80.2 Å². The van der Waals surface area contributed by atoms with Crippen molar-refractivity contribution < 1.29 is 48.7 Å². The molecule has 0 radical (unpaired) electrons. The van der Waals surface area contributed by atoms with Gasteiger partial charge >= 0.3 is 11.9 Å². The Hall–Kier alpha value is -3.68. The maximum absolute atomic E-state index is 15.5. The number of aliphatic carboxylic acids is 1. The van der Waals surface area contributed by atoms with Crippen LogP contribution in [0.2, 0.25) is 10.2 Å². The molecule has 2 bridgehead atoms. The van der Waals surface area contributed by atoms with E-state index in [0.717, 1.165) is 0 Å². The number of halogens is 2. The van der Waals surface area contributed by atoms with Gasteiger partial charge in [0, 0.05) is 29.7 Å². The molecule has 13 unspecified atom stereocenters. The number of aliphatic hydroxyl groups is 2. The minimum atomic E-state index is -1.67. The third kappa shape index (κ3) is 6.90. The van der Waals surface area contributed by atoms with Crippen molar-refractivity contribution in [3.05, 3.63) is 81.4 Å². The van der Waals surface area contributed by atoms with Crippen LogP contribution in [0.4, 0.5) is 0 Å². The fourth-order valence-corrected chi connectivity index (χ4v) is 11.5. The Labute approximate surface area is 348 Å². The molecule has 13 atom stereocenters. The maximum atomic E-state index is 15.5. The number of amides is 1. The summed E-state index contributed by atoms with van der Waals surface area (Å²) in [7, 11) is 0. The second-order valence-electron chi connectivity index (χ2n) is 17.2. The van der Waals surface area contributed by atoms with Gasteiger partial charge in [0.05, 0.1) is 34.8 Å². The van der Waals surface area contributed by atoms with Gasteiger partial charge in [0.25, 0.3) is 5.91 Å². The third-order valence-electron chi connectivity index (χ3n) is 14.2. The Morgan fingerprint density at radius 3 is 2.52 bits per heavy atom. The van der Waals surface area contributed by atoms with E-state index in [0.29, 0.717) is 38.5 Å². The van der Waals surface area contributed by atoms with Gasteiger partial charge in [0.1, 0.15) is 16.4 Å². The summed E-state index contributed by atoms with van der Waals surface area (Å²) < 4.78 is 19.3. The number of esters is 1. The first-order valence-corrected chi connectivity index (χ1v) is 21.3. The Bertz CT molecular complexity index is 1990. The summed E-state index contributed by atoms with van der Waals surface area (Å²) in [6, 6.07) is 0.662. The Morgan fingerprint density at radius 2 is 1.86 bits per heavy atom. The number of carboxylic acids is 1. The normalized spacial score (nSPS) is 41.1. The van der Waals surface area contributed by atoms with Crippen LogP contribution in [-0.2, 0) is 28.6 Å². The molecular formula is C44H54Cl2N2O10. The number of ketones is 1. The lowest BCUT2D eigenvalue weighted by atomic mass is 9.50. The second kappa shape index (κ2) is 16.1. The molecule has 1 spiro atoms. The van der Waals surface area contributed by atoms with Crippen molar-refractivity contribution in [2.24, 2.45) is 40.4 Å². The zero-order valence-electron chi connectivity index (χ0n) is 33.5. The largest absolute Gasteiger partial charge is 0.507 e. The molecule has 1 saturated carbocycles. The number of hydrogen-bond acceptors (Lipinski definition) is 9. The smallest absolute Gasteiger partial charge is 0.346 e. The summed E-state index contributed by atoms with van der Waals surface area (Å²) in [6.45, 7) is 9.40. The molecule has 2 aliphatic heterocycles. The number of rotatable bonds is 7. The second-order valence-corrected chi connectivity index (χ2v) is 18.1. The molecule has 2 fully saturated rings. The number of fused-ring (bicyclic) bond motifs is 3. The van der Waals surface area contributed by atoms with Crippen molar-refractivity contribution in [3.8, 4) is 0 Å². The van der Waals surface area contributed by atoms with Gasteiger partial charge in [0.2, 0.25) is 0 Å². The zero-order chi connectivity index (χ0) is 41.9. The van der Waals surface area contributed by atoms with Crippen LogP contribution in [0.5, 0.6) is 0 Å². The van der Waals surface area contributed by atoms with E-state index in [1.54, 1.807) is 26.0 Å². The molecule has 1 aromatic rings. The van der Waals surface area contributed by atoms with Gasteiger partial charge < -0.3 is 39.8 Å². The molecule has 1 amide bonds. The molecule has 12 nitrogen and oxygen atoms in total. The highest BCUT2D eigenvalue weighted by atomic mass is 35.5. The van der Waals surface area contributed by atoms with E-state index >= 15 is 4.79 Å². The number of carbonyl (C=O) groups excluding carboxylic acids is 3. The SMILES string of the molecule is CCC1CC23OC(=O)C(=C2O)C(=O)C2(CC)C(C=CC4C(OC5CC(O)C(NC(=O)c6[nH]c(Cl)cc6Cl)C(C)O5)C(C)CCC42)C/C=C/C/C=C/C3(C)C=C1C(=O)O. The summed E-state index contributed by atoms with van der Waals surface area (Å²) in [6.07, 6.45) is 13.9. The number of nitrogens with one attached hydrogen (secondary N) is 2. The first-order chi connectivity index (χ1) is 27.5. The van der Waals surface area contributed by atoms with Gasteiger partial charge in [-0.05, 0) is 82.1 Å². The Kier molecular flexibility index (Phi) is 11.8.